The van der Waals surface area contributed by atoms with E-state index in [4.69, 9.17) is 9.47 Å². The Labute approximate surface area is 144 Å². The minimum absolute atomic E-state index is 0.188. The molecule has 0 aromatic heterocycles. The second-order valence-corrected chi connectivity index (χ2v) is 7.30. The summed E-state index contributed by atoms with van der Waals surface area (Å²) >= 11 is 0. The lowest BCUT2D eigenvalue weighted by atomic mass is 9.82. The molecule has 5 nitrogen and oxygen atoms in total. The topological polar surface area (TPSA) is 55.8 Å². The number of carbonyl (C=O) groups is 2. The van der Waals surface area contributed by atoms with Gasteiger partial charge in [-0.1, -0.05) is 11.1 Å². The van der Waals surface area contributed by atoms with E-state index in [1.54, 1.807) is 0 Å². The lowest BCUT2D eigenvalue weighted by Gasteiger charge is -2.28. The lowest BCUT2D eigenvalue weighted by molar-refractivity contribution is -0.147. The van der Waals surface area contributed by atoms with E-state index >= 15 is 0 Å². The third-order valence-electron chi connectivity index (χ3n) is 4.68. The molecule has 0 aromatic carbocycles. The van der Waals surface area contributed by atoms with Crippen molar-refractivity contribution in [3.8, 4) is 0 Å². The summed E-state index contributed by atoms with van der Waals surface area (Å²) in [4.78, 5) is 26.1. The monoisotopic (exact) mass is 335 g/mol. The molecule has 1 heterocycles. The summed E-state index contributed by atoms with van der Waals surface area (Å²) in [5, 5.41) is 0. The number of hydrogen-bond acceptors (Lipinski definition) is 5. The number of hydrogen-bond donors (Lipinski definition) is 0. The number of esters is 2. The molecule has 1 saturated heterocycles. The molecule has 0 spiro atoms. The Hall–Kier alpha value is -1.62. The summed E-state index contributed by atoms with van der Waals surface area (Å²) in [6.07, 6.45) is 6.28. The van der Waals surface area contributed by atoms with Gasteiger partial charge in [-0.25, -0.2) is 0 Å². The zero-order valence-electron chi connectivity index (χ0n) is 15.4. The van der Waals surface area contributed by atoms with Gasteiger partial charge in [0.05, 0.1) is 11.8 Å². The van der Waals surface area contributed by atoms with Gasteiger partial charge in [-0.3, -0.25) is 9.59 Å². The minimum Gasteiger partial charge on any atom is -0.458 e. The second-order valence-electron chi connectivity index (χ2n) is 7.30. The molecule has 0 radical (unpaired) electrons. The zero-order chi connectivity index (χ0) is 17.9. The largest absolute Gasteiger partial charge is 0.458 e. The summed E-state index contributed by atoms with van der Waals surface area (Å²) in [7, 11) is 3.87. The number of carbonyl (C=O) groups excluding carboxylic acids is 2. The van der Waals surface area contributed by atoms with Crippen molar-refractivity contribution < 1.29 is 19.1 Å². The van der Waals surface area contributed by atoms with Crippen molar-refractivity contribution >= 4 is 11.9 Å². The van der Waals surface area contributed by atoms with Gasteiger partial charge in [0, 0.05) is 13.5 Å². The van der Waals surface area contributed by atoms with Crippen molar-refractivity contribution in [3.63, 3.8) is 0 Å². The van der Waals surface area contributed by atoms with Crippen LogP contribution in [0, 0.1) is 11.8 Å². The molecule has 4 atom stereocenters. The summed E-state index contributed by atoms with van der Waals surface area (Å²) in [6, 6.07) is 0. The van der Waals surface area contributed by atoms with Crippen LogP contribution in [0.15, 0.2) is 23.3 Å². The summed E-state index contributed by atoms with van der Waals surface area (Å²) in [6.45, 7) is 6.13. The number of allylic oxidation sites excluding steroid dienone is 2. The van der Waals surface area contributed by atoms with Gasteiger partial charge >= 0.3 is 11.9 Å². The minimum atomic E-state index is -0.439. The van der Waals surface area contributed by atoms with E-state index in [-0.39, 0.29) is 29.9 Å². The molecule has 2 aliphatic rings. The molecule has 134 valence electrons. The van der Waals surface area contributed by atoms with Crippen LogP contribution in [-0.4, -0.2) is 49.7 Å². The van der Waals surface area contributed by atoms with E-state index in [0.717, 1.165) is 19.3 Å². The Kier molecular flexibility index (Phi) is 6.21. The van der Waals surface area contributed by atoms with Crippen LogP contribution in [-0.2, 0) is 19.1 Å². The van der Waals surface area contributed by atoms with Crippen LogP contribution in [0.3, 0.4) is 0 Å². The van der Waals surface area contributed by atoms with Gasteiger partial charge in [0.2, 0.25) is 0 Å². The molecule has 0 aromatic rings. The van der Waals surface area contributed by atoms with E-state index in [1.807, 2.05) is 31.1 Å². The Morgan fingerprint density at radius 3 is 2.46 bits per heavy atom. The average Bonchev–Trinajstić information content (AvgIpc) is 2.72. The Morgan fingerprint density at radius 1 is 1.25 bits per heavy atom. The average molecular weight is 335 g/mol. The van der Waals surface area contributed by atoms with Crippen molar-refractivity contribution in [3.05, 3.63) is 23.3 Å². The first kappa shape index (κ1) is 18.7. The van der Waals surface area contributed by atoms with Gasteiger partial charge in [0.25, 0.3) is 0 Å². The van der Waals surface area contributed by atoms with Crippen molar-refractivity contribution in [2.24, 2.45) is 11.8 Å². The SMILES string of the molecule is CC(=O)O[C@@H]1/C=C(\C)CCC/C(C)=C/[C@H]2OC(=O)[C@H](CN(C)C)C12. The number of ether oxygens (including phenoxy) is 2. The van der Waals surface area contributed by atoms with Gasteiger partial charge in [-0.15, -0.1) is 0 Å². The highest BCUT2D eigenvalue weighted by Gasteiger charge is 2.48. The Morgan fingerprint density at radius 2 is 1.88 bits per heavy atom. The predicted octanol–water partition coefficient (Wildman–Crippen LogP) is 2.71. The first-order chi connectivity index (χ1) is 11.3. The lowest BCUT2D eigenvalue weighted by Crippen LogP contribution is -2.39. The molecule has 0 amide bonds. The van der Waals surface area contributed by atoms with Crippen molar-refractivity contribution in [1.82, 2.24) is 4.90 Å². The van der Waals surface area contributed by atoms with E-state index < -0.39 is 6.10 Å². The molecule has 0 N–H and O–H groups in total. The number of fused-ring (bicyclic) bond motifs is 1. The van der Waals surface area contributed by atoms with Gasteiger partial charge in [-0.2, -0.15) is 0 Å². The van der Waals surface area contributed by atoms with E-state index in [0.29, 0.717) is 6.54 Å². The normalized spacial score (nSPS) is 35.3. The van der Waals surface area contributed by atoms with Gasteiger partial charge in [0.1, 0.15) is 12.2 Å². The second kappa shape index (κ2) is 7.97. The van der Waals surface area contributed by atoms with Crippen LogP contribution >= 0.6 is 0 Å². The van der Waals surface area contributed by atoms with Crippen molar-refractivity contribution in [2.75, 3.05) is 20.6 Å². The van der Waals surface area contributed by atoms with Crippen LogP contribution in [0.2, 0.25) is 0 Å². The predicted molar refractivity (Wildman–Crippen MR) is 92.3 cm³/mol. The summed E-state index contributed by atoms with van der Waals surface area (Å²) < 4.78 is 11.3. The Bertz CT molecular complexity index is 550. The van der Waals surface area contributed by atoms with Gasteiger partial charge in [-0.05, 0) is 59.4 Å². The molecule has 24 heavy (non-hydrogen) atoms. The van der Waals surface area contributed by atoms with E-state index in [9.17, 15) is 9.59 Å². The third-order valence-corrected chi connectivity index (χ3v) is 4.68. The van der Waals surface area contributed by atoms with E-state index in [1.165, 1.54) is 18.1 Å². The highest BCUT2D eigenvalue weighted by molar-refractivity contribution is 5.76. The molecule has 1 aliphatic carbocycles. The fourth-order valence-electron chi connectivity index (χ4n) is 3.63. The van der Waals surface area contributed by atoms with Crippen LogP contribution in [0.5, 0.6) is 0 Å². The highest BCUT2D eigenvalue weighted by atomic mass is 16.6. The Balaban J connectivity index is 2.43. The molecular weight excluding hydrogens is 306 g/mol. The van der Waals surface area contributed by atoms with E-state index in [2.05, 4.69) is 13.8 Å². The smallest absolute Gasteiger partial charge is 0.311 e. The zero-order valence-corrected chi connectivity index (χ0v) is 15.4. The van der Waals surface area contributed by atoms with Crippen LogP contribution < -0.4 is 0 Å². The van der Waals surface area contributed by atoms with Gasteiger partial charge < -0.3 is 14.4 Å². The summed E-state index contributed by atoms with van der Waals surface area (Å²) in [5.74, 6) is -1.03. The van der Waals surface area contributed by atoms with Gasteiger partial charge in [0.15, 0.2) is 0 Å². The summed E-state index contributed by atoms with van der Waals surface area (Å²) in [5.41, 5.74) is 2.41. The van der Waals surface area contributed by atoms with Crippen LogP contribution in [0.25, 0.3) is 0 Å². The molecule has 0 bridgehead atoms. The fourth-order valence-corrected chi connectivity index (χ4v) is 3.63. The molecule has 5 heteroatoms. The van der Waals surface area contributed by atoms with Crippen molar-refractivity contribution in [2.45, 2.75) is 52.2 Å². The molecule has 0 saturated carbocycles. The van der Waals surface area contributed by atoms with Crippen LogP contribution in [0.4, 0.5) is 0 Å². The standard InChI is InChI=1S/C19H29NO4/c1-12-7-6-8-13(2)10-17-18(16(9-12)23-14(3)21)15(11-20(4)5)19(22)24-17/h9-10,15-18H,6-8,11H2,1-5H3/b12-9+,13-10+/t15-,16-,17-,18?/m1/s1. The fraction of sp³-hybridized carbons (Fsp3) is 0.684. The molecule has 2 rings (SSSR count). The van der Waals surface area contributed by atoms with Crippen LogP contribution in [0.1, 0.15) is 40.0 Å². The molecular formula is C19H29NO4. The first-order valence-electron chi connectivity index (χ1n) is 8.65. The molecule has 1 fully saturated rings. The number of nitrogens with zero attached hydrogens (tertiary/aromatic N) is 1. The third kappa shape index (κ3) is 4.69. The maximum absolute atomic E-state index is 12.5. The first-order valence-corrected chi connectivity index (χ1v) is 8.65. The number of rotatable bonds is 3. The quantitative estimate of drug-likeness (QED) is 0.586. The molecule has 1 unspecified atom stereocenters. The maximum atomic E-state index is 12.5. The maximum Gasteiger partial charge on any atom is 0.311 e. The van der Waals surface area contributed by atoms with Crippen molar-refractivity contribution in [1.29, 1.82) is 0 Å². The highest BCUT2D eigenvalue weighted by Crippen LogP contribution is 2.36. The molecule has 1 aliphatic heterocycles.